The van der Waals surface area contributed by atoms with Crippen LogP contribution in [-0.2, 0) is 0 Å². The molecule has 0 radical (unpaired) electrons. The minimum atomic E-state index is 0.767. The lowest BCUT2D eigenvalue weighted by atomic mass is 10.0. The van der Waals surface area contributed by atoms with Gasteiger partial charge in [0.15, 0.2) is 0 Å². The SMILES string of the molecule is CCSc1ccc(N)cc1-c1ccccc1N. The first-order chi connectivity index (χ1) is 8.22. The van der Waals surface area contributed by atoms with Gasteiger partial charge in [-0.3, -0.25) is 0 Å². The molecule has 2 aromatic rings. The zero-order valence-corrected chi connectivity index (χ0v) is 10.6. The van der Waals surface area contributed by atoms with Crippen molar-refractivity contribution in [1.29, 1.82) is 0 Å². The molecule has 0 spiro atoms. The summed E-state index contributed by atoms with van der Waals surface area (Å²) in [4.78, 5) is 1.22. The van der Waals surface area contributed by atoms with Gasteiger partial charge in [0, 0.05) is 21.8 Å². The van der Waals surface area contributed by atoms with Gasteiger partial charge in [-0.05, 0) is 35.6 Å². The molecule has 2 aromatic carbocycles. The molecule has 88 valence electrons. The van der Waals surface area contributed by atoms with E-state index in [2.05, 4.69) is 13.0 Å². The van der Waals surface area contributed by atoms with Crippen LogP contribution in [0, 0.1) is 0 Å². The van der Waals surface area contributed by atoms with Crippen molar-refractivity contribution in [2.75, 3.05) is 17.2 Å². The van der Waals surface area contributed by atoms with E-state index in [1.165, 1.54) is 4.90 Å². The predicted octanol–water partition coefficient (Wildman–Crippen LogP) is 3.63. The maximum atomic E-state index is 6.02. The normalized spacial score (nSPS) is 10.4. The number of hydrogen-bond acceptors (Lipinski definition) is 3. The minimum Gasteiger partial charge on any atom is -0.399 e. The highest BCUT2D eigenvalue weighted by Gasteiger charge is 2.08. The van der Waals surface area contributed by atoms with Gasteiger partial charge in [-0.15, -0.1) is 11.8 Å². The summed E-state index contributed by atoms with van der Waals surface area (Å²) in [7, 11) is 0. The molecular weight excluding hydrogens is 228 g/mol. The van der Waals surface area contributed by atoms with Crippen LogP contribution in [0.3, 0.4) is 0 Å². The molecule has 0 aromatic heterocycles. The van der Waals surface area contributed by atoms with E-state index in [1.807, 2.05) is 36.4 Å². The highest BCUT2D eigenvalue weighted by molar-refractivity contribution is 7.99. The highest BCUT2D eigenvalue weighted by atomic mass is 32.2. The van der Waals surface area contributed by atoms with Crippen molar-refractivity contribution in [3.63, 3.8) is 0 Å². The fourth-order valence-electron chi connectivity index (χ4n) is 1.78. The molecule has 0 aliphatic rings. The molecule has 0 saturated heterocycles. The first-order valence-corrected chi connectivity index (χ1v) is 6.58. The zero-order valence-electron chi connectivity index (χ0n) is 9.81. The van der Waals surface area contributed by atoms with Gasteiger partial charge in [-0.1, -0.05) is 25.1 Å². The lowest BCUT2D eigenvalue weighted by Crippen LogP contribution is -1.93. The molecule has 0 atom stereocenters. The van der Waals surface area contributed by atoms with E-state index in [0.29, 0.717) is 0 Å². The third kappa shape index (κ3) is 2.56. The third-order valence-corrected chi connectivity index (χ3v) is 3.51. The van der Waals surface area contributed by atoms with Crippen LogP contribution >= 0.6 is 11.8 Å². The lowest BCUT2D eigenvalue weighted by molar-refractivity contribution is 1.42. The molecule has 2 rings (SSSR count). The molecule has 0 aliphatic carbocycles. The number of nitrogen functional groups attached to an aromatic ring is 2. The van der Waals surface area contributed by atoms with Crippen LogP contribution in [0.4, 0.5) is 11.4 Å². The third-order valence-electron chi connectivity index (χ3n) is 2.55. The smallest absolute Gasteiger partial charge is 0.0394 e. The average Bonchev–Trinajstić information content (AvgIpc) is 2.32. The summed E-state index contributed by atoms with van der Waals surface area (Å²) in [6.45, 7) is 2.14. The molecule has 0 aliphatic heterocycles. The Labute approximate surface area is 106 Å². The fraction of sp³-hybridized carbons (Fsp3) is 0.143. The number of anilines is 2. The van der Waals surface area contributed by atoms with Crippen molar-refractivity contribution in [2.24, 2.45) is 0 Å². The summed E-state index contributed by atoms with van der Waals surface area (Å²) in [6.07, 6.45) is 0. The van der Waals surface area contributed by atoms with Crippen molar-refractivity contribution in [3.8, 4) is 11.1 Å². The summed E-state index contributed by atoms with van der Waals surface area (Å²) in [5, 5.41) is 0. The Kier molecular flexibility index (Phi) is 3.59. The van der Waals surface area contributed by atoms with E-state index in [9.17, 15) is 0 Å². The van der Waals surface area contributed by atoms with E-state index in [4.69, 9.17) is 11.5 Å². The molecule has 17 heavy (non-hydrogen) atoms. The van der Waals surface area contributed by atoms with Crippen molar-refractivity contribution in [1.82, 2.24) is 0 Å². The van der Waals surface area contributed by atoms with Crippen LogP contribution in [0.2, 0.25) is 0 Å². The van der Waals surface area contributed by atoms with Gasteiger partial charge in [-0.25, -0.2) is 0 Å². The number of benzene rings is 2. The molecule has 0 bridgehead atoms. The van der Waals surface area contributed by atoms with Gasteiger partial charge < -0.3 is 11.5 Å². The van der Waals surface area contributed by atoms with Crippen LogP contribution in [-0.4, -0.2) is 5.75 Å². The number of nitrogens with two attached hydrogens (primary N) is 2. The van der Waals surface area contributed by atoms with E-state index >= 15 is 0 Å². The Morgan fingerprint density at radius 2 is 1.76 bits per heavy atom. The van der Waals surface area contributed by atoms with Crippen molar-refractivity contribution in [2.45, 2.75) is 11.8 Å². The Hall–Kier alpha value is -1.61. The van der Waals surface area contributed by atoms with E-state index in [1.54, 1.807) is 11.8 Å². The summed E-state index contributed by atoms with van der Waals surface area (Å²) >= 11 is 1.80. The van der Waals surface area contributed by atoms with Gasteiger partial charge >= 0.3 is 0 Å². The first-order valence-electron chi connectivity index (χ1n) is 5.59. The van der Waals surface area contributed by atoms with Crippen molar-refractivity contribution in [3.05, 3.63) is 42.5 Å². The summed E-state index contributed by atoms with van der Waals surface area (Å²) in [5.74, 6) is 1.03. The molecule has 0 unspecified atom stereocenters. The number of para-hydroxylation sites is 1. The number of rotatable bonds is 3. The van der Waals surface area contributed by atoms with Gasteiger partial charge in [0.05, 0.1) is 0 Å². The van der Waals surface area contributed by atoms with Gasteiger partial charge in [-0.2, -0.15) is 0 Å². The molecular formula is C14H16N2S. The van der Waals surface area contributed by atoms with Gasteiger partial charge in [0.25, 0.3) is 0 Å². The van der Waals surface area contributed by atoms with E-state index < -0.39 is 0 Å². The van der Waals surface area contributed by atoms with Crippen LogP contribution in [0.5, 0.6) is 0 Å². The highest BCUT2D eigenvalue weighted by Crippen LogP contribution is 2.35. The standard InChI is InChI=1S/C14H16N2S/c1-2-17-14-8-7-10(15)9-12(14)11-5-3-4-6-13(11)16/h3-9H,2,15-16H2,1H3. The topological polar surface area (TPSA) is 52.0 Å². The largest absolute Gasteiger partial charge is 0.399 e. The molecule has 4 N–H and O–H groups in total. The second kappa shape index (κ2) is 5.15. The molecule has 0 amide bonds. The molecule has 0 heterocycles. The molecule has 3 heteroatoms. The summed E-state index contributed by atoms with van der Waals surface area (Å²) in [5.41, 5.74) is 15.6. The molecule has 0 fully saturated rings. The average molecular weight is 244 g/mol. The number of thioether (sulfide) groups is 1. The van der Waals surface area contributed by atoms with Crippen molar-refractivity contribution >= 4 is 23.1 Å². The maximum absolute atomic E-state index is 6.02. The van der Waals surface area contributed by atoms with Crippen LogP contribution < -0.4 is 11.5 Å². The Morgan fingerprint density at radius 3 is 2.47 bits per heavy atom. The monoisotopic (exact) mass is 244 g/mol. The Balaban J connectivity index is 2.57. The zero-order chi connectivity index (χ0) is 12.3. The quantitative estimate of drug-likeness (QED) is 0.640. The first kappa shape index (κ1) is 11.9. The fourth-order valence-corrected chi connectivity index (χ4v) is 2.58. The van der Waals surface area contributed by atoms with E-state index in [0.717, 1.165) is 28.3 Å². The van der Waals surface area contributed by atoms with Crippen LogP contribution in [0.25, 0.3) is 11.1 Å². The lowest BCUT2D eigenvalue weighted by Gasteiger charge is -2.11. The van der Waals surface area contributed by atoms with Gasteiger partial charge in [0.2, 0.25) is 0 Å². The van der Waals surface area contributed by atoms with Crippen LogP contribution in [0.15, 0.2) is 47.4 Å². The maximum Gasteiger partial charge on any atom is 0.0394 e. The summed E-state index contributed by atoms with van der Waals surface area (Å²) < 4.78 is 0. The molecule has 0 saturated carbocycles. The number of hydrogen-bond donors (Lipinski definition) is 2. The van der Waals surface area contributed by atoms with E-state index in [-0.39, 0.29) is 0 Å². The molecule has 2 nitrogen and oxygen atoms in total. The second-order valence-electron chi connectivity index (χ2n) is 3.78. The predicted molar refractivity (Wildman–Crippen MR) is 77.1 cm³/mol. The Bertz CT molecular complexity index is 523. The summed E-state index contributed by atoms with van der Waals surface area (Å²) in [6, 6.07) is 13.9. The van der Waals surface area contributed by atoms with Crippen molar-refractivity contribution < 1.29 is 0 Å². The Morgan fingerprint density at radius 1 is 1.00 bits per heavy atom. The van der Waals surface area contributed by atoms with Crippen LogP contribution in [0.1, 0.15) is 6.92 Å². The van der Waals surface area contributed by atoms with Gasteiger partial charge in [0.1, 0.15) is 0 Å². The minimum absolute atomic E-state index is 0.767. The second-order valence-corrected chi connectivity index (χ2v) is 5.08.